The molecule has 2 aromatic rings. The van der Waals surface area contributed by atoms with Crippen molar-refractivity contribution in [2.45, 2.75) is 18.7 Å². The van der Waals surface area contributed by atoms with E-state index in [0.717, 1.165) is 0 Å². The van der Waals surface area contributed by atoms with Crippen molar-refractivity contribution in [3.05, 3.63) is 48.0 Å². The van der Waals surface area contributed by atoms with Crippen LogP contribution in [-0.2, 0) is 19.6 Å². The van der Waals surface area contributed by atoms with Gasteiger partial charge in [-0.2, -0.15) is 4.31 Å². The Morgan fingerprint density at radius 1 is 1.07 bits per heavy atom. The summed E-state index contributed by atoms with van der Waals surface area (Å²) in [6, 6.07) is 10.4. The molecule has 1 aliphatic rings. The molecule has 1 amide bonds. The fourth-order valence-corrected chi connectivity index (χ4v) is 4.39. The number of anilines is 1. The number of hydrogen-bond donors (Lipinski definition) is 1. The van der Waals surface area contributed by atoms with Crippen LogP contribution in [0.25, 0.3) is 0 Å². The zero-order chi connectivity index (χ0) is 21.7. The van der Waals surface area contributed by atoms with E-state index in [4.69, 9.17) is 14.2 Å². The molecule has 30 heavy (non-hydrogen) atoms. The van der Waals surface area contributed by atoms with E-state index in [1.54, 1.807) is 32.0 Å². The standard InChI is InChI=1S/C20H22N2O7S/c1-3-22(4-2)30(25,26)16-7-5-6-14(10-16)20(24)27-12-19(23)21-15-8-9-17-18(11-15)29-13-28-17/h5-11H,3-4,12-13H2,1-2H3,(H,21,23). The molecule has 0 unspecified atom stereocenters. The molecule has 0 saturated heterocycles. The number of esters is 1. The normalized spacial score (nSPS) is 12.6. The summed E-state index contributed by atoms with van der Waals surface area (Å²) in [7, 11) is -3.71. The lowest BCUT2D eigenvalue weighted by Gasteiger charge is -2.18. The number of amides is 1. The zero-order valence-electron chi connectivity index (χ0n) is 16.6. The molecule has 0 atom stereocenters. The van der Waals surface area contributed by atoms with Crippen LogP contribution >= 0.6 is 0 Å². The highest BCUT2D eigenvalue weighted by atomic mass is 32.2. The number of rotatable bonds is 8. The number of fused-ring (bicyclic) bond motifs is 1. The summed E-state index contributed by atoms with van der Waals surface area (Å²) in [4.78, 5) is 24.4. The Morgan fingerprint density at radius 2 is 1.80 bits per heavy atom. The van der Waals surface area contributed by atoms with Crippen molar-refractivity contribution < 1.29 is 32.2 Å². The number of benzene rings is 2. The second-order valence-corrected chi connectivity index (χ2v) is 8.25. The van der Waals surface area contributed by atoms with E-state index in [1.165, 1.54) is 28.6 Å². The Labute approximate surface area is 174 Å². The third kappa shape index (κ3) is 4.71. The minimum atomic E-state index is -3.71. The van der Waals surface area contributed by atoms with Gasteiger partial charge in [-0.05, 0) is 30.3 Å². The number of carbonyl (C=O) groups excluding carboxylic acids is 2. The molecule has 1 aliphatic heterocycles. The fraction of sp³-hybridized carbons (Fsp3) is 0.300. The lowest BCUT2D eigenvalue weighted by Crippen LogP contribution is -2.30. The predicted octanol–water partition coefficient (Wildman–Crippen LogP) is 2.24. The van der Waals surface area contributed by atoms with E-state index in [-0.39, 0.29) is 17.3 Å². The van der Waals surface area contributed by atoms with Crippen LogP contribution in [0.1, 0.15) is 24.2 Å². The van der Waals surface area contributed by atoms with Gasteiger partial charge in [0.15, 0.2) is 18.1 Å². The van der Waals surface area contributed by atoms with Crippen molar-refractivity contribution in [1.29, 1.82) is 0 Å². The van der Waals surface area contributed by atoms with Gasteiger partial charge in [-0.15, -0.1) is 0 Å². The Hall–Kier alpha value is -3.11. The van der Waals surface area contributed by atoms with Gasteiger partial charge in [-0.25, -0.2) is 13.2 Å². The average molecular weight is 434 g/mol. The van der Waals surface area contributed by atoms with Gasteiger partial charge in [-0.3, -0.25) is 4.79 Å². The zero-order valence-corrected chi connectivity index (χ0v) is 17.4. The van der Waals surface area contributed by atoms with Crippen LogP contribution in [-0.4, -0.2) is 51.1 Å². The van der Waals surface area contributed by atoms with Gasteiger partial charge in [-0.1, -0.05) is 19.9 Å². The number of hydrogen-bond acceptors (Lipinski definition) is 7. The maximum Gasteiger partial charge on any atom is 0.338 e. The SMILES string of the molecule is CCN(CC)S(=O)(=O)c1cccc(C(=O)OCC(=O)Nc2ccc3c(c2)OCO3)c1. The molecule has 0 radical (unpaired) electrons. The van der Waals surface area contributed by atoms with Crippen LogP contribution in [0.15, 0.2) is 47.4 Å². The first kappa shape index (κ1) is 21.6. The molecular weight excluding hydrogens is 412 g/mol. The Kier molecular flexibility index (Phi) is 6.58. The Morgan fingerprint density at radius 3 is 2.53 bits per heavy atom. The summed E-state index contributed by atoms with van der Waals surface area (Å²) in [5, 5.41) is 2.59. The summed E-state index contributed by atoms with van der Waals surface area (Å²) < 4.78 is 42.0. The minimum Gasteiger partial charge on any atom is -0.454 e. The number of carbonyl (C=O) groups is 2. The van der Waals surface area contributed by atoms with Gasteiger partial charge in [0.1, 0.15) is 0 Å². The largest absolute Gasteiger partial charge is 0.454 e. The highest BCUT2D eigenvalue weighted by Gasteiger charge is 2.23. The van der Waals surface area contributed by atoms with Gasteiger partial charge in [0.25, 0.3) is 5.91 Å². The topological polar surface area (TPSA) is 111 Å². The van der Waals surface area contributed by atoms with Crippen molar-refractivity contribution in [2.75, 3.05) is 31.8 Å². The first-order valence-electron chi connectivity index (χ1n) is 9.32. The predicted molar refractivity (Wildman–Crippen MR) is 108 cm³/mol. The average Bonchev–Trinajstić information content (AvgIpc) is 3.20. The van der Waals surface area contributed by atoms with E-state index < -0.39 is 28.5 Å². The molecule has 3 rings (SSSR count). The van der Waals surface area contributed by atoms with Crippen LogP contribution in [0.3, 0.4) is 0 Å². The summed E-state index contributed by atoms with van der Waals surface area (Å²) in [5.74, 6) is -0.253. The molecule has 2 aromatic carbocycles. The van der Waals surface area contributed by atoms with Gasteiger partial charge in [0.05, 0.1) is 10.5 Å². The second kappa shape index (κ2) is 9.14. The molecule has 10 heteroatoms. The molecule has 160 valence electrons. The lowest BCUT2D eigenvalue weighted by molar-refractivity contribution is -0.119. The molecule has 0 aromatic heterocycles. The quantitative estimate of drug-likeness (QED) is 0.634. The number of nitrogens with one attached hydrogen (secondary N) is 1. The lowest BCUT2D eigenvalue weighted by atomic mass is 10.2. The summed E-state index contributed by atoms with van der Waals surface area (Å²) in [6.45, 7) is 3.69. The van der Waals surface area contributed by atoms with Crippen molar-refractivity contribution >= 4 is 27.6 Å². The van der Waals surface area contributed by atoms with Crippen molar-refractivity contribution in [3.63, 3.8) is 0 Å². The molecule has 0 spiro atoms. The van der Waals surface area contributed by atoms with Crippen LogP contribution in [0.2, 0.25) is 0 Å². The van der Waals surface area contributed by atoms with Crippen LogP contribution in [0.4, 0.5) is 5.69 Å². The van der Waals surface area contributed by atoms with Crippen LogP contribution < -0.4 is 14.8 Å². The van der Waals surface area contributed by atoms with Gasteiger partial charge >= 0.3 is 5.97 Å². The van der Waals surface area contributed by atoms with Gasteiger partial charge < -0.3 is 19.5 Å². The van der Waals surface area contributed by atoms with E-state index >= 15 is 0 Å². The minimum absolute atomic E-state index is 0.00883. The van der Waals surface area contributed by atoms with Crippen molar-refractivity contribution in [2.24, 2.45) is 0 Å². The van der Waals surface area contributed by atoms with Gasteiger partial charge in [0, 0.05) is 24.8 Å². The number of nitrogens with zero attached hydrogens (tertiary/aromatic N) is 1. The Bertz CT molecular complexity index is 1050. The van der Waals surface area contributed by atoms with Crippen LogP contribution in [0.5, 0.6) is 11.5 Å². The molecule has 1 N–H and O–H groups in total. The maximum atomic E-state index is 12.6. The smallest absolute Gasteiger partial charge is 0.338 e. The maximum absolute atomic E-state index is 12.6. The summed E-state index contributed by atoms with van der Waals surface area (Å²) in [6.07, 6.45) is 0. The van der Waals surface area contributed by atoms with Crippen molar-refractivity contribution in [3.8, 4) is 11.5 Å². The first-order valence-corrected chi connectivity index (χ1v) is 10.8. The third-order valence-corrected chi connectivity index (χ3v) is 6.45. The Balaban J connectivity index is 1.61. The highest BCUT2D eigenvalue weighted by Crippen LogP contribution is 2.34. The van der Waals surface area contributed by atoms with E-state index in [1.807, 2.05) is 0 Å². The molecule has 0 saturated carbocycles. The van der Waals surface area contributed by atoms with Crippen molar-refractivity contribution in [1.82, 2.24) is 4.31 Å². The van der Waals surface area contributed by atoms with E-state index in [2.05, 4.69) is 5.32 Å². The van der Waals surface area contributed by atoms with E-state index in [0.29, 0.717) is 30.3 Å². The molecule has 0 bridgehead atoms. The molecule has 0 aliphatic carbocycles. The second-order valence-electron chi connectivity index (χ2n) is 6.31. The summed E-state index contributed by atoms with van der Waals surface area (Å²) >= 11 is 0. The molecule has 0 fully saturated rings. The third-order valence-electron chi connectivity index (χ3n) is 4.40. The number of sulfonamides is 1. The summed E-state index contributed by atoms with van der Waals surface area (Å²) in [5.41, 5.74) is 0.506. The first-order chi connectivity index (χ1) is 14.3. The van der Waals surface area contributed by atoms with Gasteiger partial charge in [0.2, 0.25) is 16.8 Å². The molecular formula is C20H22N2O7S. The monoisotopic (exact) mass is 434 g/mol. The fourth-order valence-electron chi connectivity index (χ4n) is 2.88. The van der Waals surface area contributed by atoms with Crippen LogP contribution in [0, 0.1) is 0 Å². The molecule has 1 heterocycles. The molecule has 9 nitrogen and oxygen atoms in total. The van der Waals surface area contributed by atoms with E-state index in [9.17, 15) is 18.0 Å². The highest BCUT2D eigenvalue weighted by molar-refractivity contribution is 7.89. The number of ether oxygens (including phenoxy) is 3.